The molecule has 1 heterocycles. The van der Waals surface area contributed by atoms with Gasteiger partial charge >= 0.3 is 0 Å². The molecule has 2 N–H and O–H groups in total. The second-order valence-corrected chi connectivity index (χ2v) is 5.35. The molecular weight excluding hydrogens is 212 g/mol. The standard InChI is InChI=1S/C14H24N2O/c1-11-13(8-15)7-14(17-11)10-16(2)9-12-5-3-4-6-12/h7,12H,3-6,8-10,15H2,1-2H3. The molecule has 0 aliphatic heterocycles. The quantitative estimate of drug-likeness (QED) is 0.854. The Morgan fingerprint density at radius 2 is 2.12 bits per heavy atom. The van der Waals surface area contributed by atoms with Crippen molar-refractivity contribution in [2.75, 3.05) is 13.6 Å². The number of furan rings is 1. The highest BCUT2D eigenvalue weighted by atomic mass is 16.3. The van der Waals surface area contributed by atoms with Gasteiger partial charge in [0.25, 0.3) is 0 Å². The van der Waals surface area contributed by atoms with Crippen molar-refractivity contribution < 1.29 is 4.42 Å². The van der Waals surface area contributed by atoms with Gasteiger partial charge in [-0.25, -0.2) is 0 Å². The summed E-state index contributed by atoms with van der Waals surface area (Å²) in [6.07, 6.45) is 5.62. The lowest BCUT2D eigenvalue weighted by Gasteiger charge is -2.19. The summed E-state index contributed by atoms with van der Waals surface area (Å²) >= 11 is 0. The molecule has 1 saturated carbocycles. The maximum absolute atomic E-state index is 5.72. The first-order valence-electron chi connectivity index (χ1n) is 6.66. The predicted octanol–water partition coefficient (Wildman–Crippen LogP) is 2.67. The Kier molecular flexibility index (Phi) is 4.24. The van der Waals surface area contributed by atoms with Crippen LogP contribution in [0.4, 0.5) is 0 Å². The molecule has 0 atom stereocenters. The second-order valence-electron chi connectivity index (χ2n) is 5.35. The van der Waals surface area contributed by atoms with Crippen LogP contribution in [0.15, 0.2) is 10.5 Å². The normalized spacial score (nSPS) is 17.2. The lowest BCUT2D eigenvalue weighted by molar-refractivity contribution is 0.249. The first kappa shape index (κ1) is 12.7. The topological polar surface area (TPSA) is 42.4 Å². The highest BCUT2D eigenvalue weighted by molar-refractivity contribution is 5.20. The largest absolute Gasteiger partial charge is 0.465 e. The van der Waals surface area contributed by atoms with E-state index in [0.29, 0.717) is 6.54 Å². The van der Waals surface area contributed by atoms with Crippen LogP contribution in [0.5, 0.6) is 0 Å². The van der Waals surface area contributed by atoms with Gasteiger partial charge < -0.3 is 10.2 Å². The molecule has 0 spiro atoms. The summed E-state index contributed by atoms with van der Waals surface area (Å²) in [5.41, 5.74) is 6.79. The van der Waals surface area contributed by atoms with E-state index < -0.39 is 0 Å². The van der Waals surface area contributed by atoms with Crippen LogP contribution in [-0.4, -0.2) is 18.5 Å². The van der Waals surface area contributed by atoms with Gasteiger partial charge in [-0.15, -0.1) is 0 Å². The molecule has 1 fully saturated rings. The zero-order valence-electron chi connectivity index (χ0n) is 11.0. The Morgan fingerprint density at radius 1 is 1.41 bits per heavy atom. The molecule has 1 aromatic rings. The van der Waals surface area contributed by atoms with Crippen LogP contribution in [0.1, 0.15) is 42.8 Å². The maximum Gasteiger partial charge on any atom is 0.118 e. The van der Waals surface area contributed by atoms with E-state index in [0.717, 1.165) is 29.5 Å². The highest BCUT2D eigenvalue weighted by Crippen LogP contribution is 2.25. The molecule has 3 nitrogen and oxygen atoms in total. The van der Waals surface area contributed by atoms with Gasteiger partial charge in [-0.2, -0.15) is 0 Å². The Balaban J connectivity index is 1.86. The molecule has 2 rings (SSSR count). The van der Waals surface area contributed by atoms with Gasteiger partial charge in [-0.1, -0.05) is 12.8 Å². The summed E-state index contributed by atoms with van der Waals surface area (Å²) < 4.78 is 5.72. The lowest BCUT2D eigenvalue weighted by Crippen LogP contribution is -2.23. The van der Waals surface area contributed by atoms with Crippen LogP contribution in [0.25, 0.3) is 0 Å². The molecule has 0 unspecified atom stereocenters. The number of aryl methyl sites for hydroxylation is 1. The molecule has 0 bridgehead atoms. The fourth-order valence-electron chi connectivity index (χ4n) is 2.83. The van der Waals surface area contributed by atoms with E-state index in [1.54, 1.807) is 0 Å². The molecule has 0 amide bonds. The Labute approximate surface area is 104 Å². The lowest BCUT2D eigenvalue weighted by atomic mass is 10.1. The van der Waals surface area contributed by atoms with Crippen LogP contribution in [0.2, 0.25) is 0 Å². The Bertz CT molecular complexity index is 353. The van der Waals surface area contributed by atoms with E-state index in [1.807, 2.05) is 6.92 Å². The fourth-order valence-corrected chi connectivity index (χ4v) is 2.83. The van der Waals surface area contributed by atoms with Crippen LogP contribution in [-0.2, 0) is 13.1 Å². The SMILES string of the molecule is Cc1oc(CN(C)CC2CCCC2)cc1CN. The van der Waals surface area contributed by atoms with Crippen molar-refractivity contribution in [2.45, 2.75) is 45.7 Å². The van der Waals surface area contributed by atoms with Crippen molar-refractivity contribution in [3.8, 4) is 0 Å². The van der Waals surface area contributed by atoms with Gasteiger partial charge in [0, 0.05) is 18.7 Å². The first-order valence-corrected chi connectivity index (χ1v) is 6.66. The Hall–Kier alpha value is -0.800. The fraction of sp³-hybridized carbons (Fsp3) is 0.714. The van der Waals surface area contributed by atoms with E-state index >= 15 is 0 Å². The third kappa shape index (κ3) is 3.33. The van der Waals surface area contributed by atoms with E-state index in [-0.39, 0.29) is 0 Å². The van der Waals surface area contributed by atoms with Gasteiger partial charge in [-0.05, 0) is 38.8 Å². The van der Waals surface area contributed by atoms with E-state index in [4.69, 9.17) is 10.2 Å². The molecule has 1 aliphatic rings. The smallest absolute Gasteiger partial charge is 0.118 e. The third-order valence-electron chi connectivity index (χ3n) is 3.76. The van der Waals surface area contributed by atoms with Gasteiger partial charge in [0.2, 0.25) is 0 Å². The summed E-state index contributed by atoms with van der Waals surface area (Å²) in [5.74, 6) is 2.91. The summed E-state index contributed by atoms with van der Waals surface area (Å²) in [7, 11) is 2.18. The third-order valence-corrected chi connectivity index (χ3v) is 3.76. The average molecular weight is 236 g/mol. The van der Waals surface area contributed by atoms with Gasteiger partial charge in [0.1, 0.15) is 11.5 Å². The zero-order chi connectivity index (χ0) is 12.3. The number of rotatable bonds is 5. The van der Waals surface area contributed by atoms with Crippen molar-refractivity contribution in [2.24, 2.45) is 11.7 Å². The van der Waals surface area contributed by atoms with Crippen molar-refractivity contribution in [1.29, 1.82) is 0 Å². The van der Waals surface area contributed by atoms with Crippen molar-refractivity contribution in [1.82, 2.24) is 4.90 Å². The molecule has 1 aliphatic carbocycles. The number of nitrogens with zero attached hydrogens (tertiary/aromatic N) is 1. The van der Waals surface area contributed by atoms with Crippen LogP contribution in [0.3, 0.4) is 0 Å². The number of hydrogen-bond acceptors (Lipinski definition) is 3. The minimum atomic E-state index is 0.571. The van der Waals surface area contributed by atoms with Crippen LogP contribution < -0.4 is 5.73 Å². The molecule has 1 aromatic heterocycles. The Morgan fingerprint density at radius 3 is 2.71 bits per heavy atom. The summed E-state index contributed by atoms with van der Waals surface area (Å²) in [6, 6.07) is 2.10. The number of hydrogen-bond donors (Lipinski definition) is 1. The van der Waals surface area contributed by atoms with Crippen molar-refractivity contribution in [3.05, 3.63) is 23.2 Å². The molecule has 17 heavy (non-hydrogen) atoms. The molecule has 0 aromatic carbocycles. The van der Waals surface area contributed by atoms with E-state index in [2.05, 4.69) is 18.0 Å². The van der Waals surface area contributed by atoms with Crippen LogP contribution >= 0.6 is 0 Å². The van der Waals surface area contributed by atoms with Crippen LogP contribution in [0, 0.1) is 12.8 Å². The molecule has 0 saturated heterocycles. The van der Waals surface area contributed by atoms with Gasteiger partial charge in [0.15, 0.2) is 0 Å². The molecule has 96 valence electrons. The molecule has 0 radical (unpaired) electrons. The molecular formula is C14H24N2O. The maximum atomic E-state index is 5.72. The second kappa shape index (κ2) is 5.69. The summed E-state index contributed by atoms with van der Waals surface area (Å²) in [5, 5.41) is 0. The highest BCUT2D eigenvalue weighted by Gasteiger charge is 2.17. The first-order chi connectivity index (χ1) is 8.19. The van der Waals surface area contributed by atoms with Crippen molar-refractivity contribution in [3.63, 3.8) is 0 Å². The monoisotopic (exact) mass is 236 g/mol. The summed E-state index contributed by atoms with van der Waals surface area (Å²) in [4.78, 5) is 2.37. The predicted molar refractivity (Wildman–Crippen MR) is 69.6 cm³/mol. The number of nitrogens with two attached hydrogens (primary N) is 1. The summed E-state index contributed by atoms with van der Waals surface area (Å²) in [6.45, 7) is 4.65. The van der Waals surface area contributed by atoms with Gasteiger partial charge in [0.05, 0.1) is 6.54 Å². The van der Waals surface area contributed by atoms with Gasteiger partial charge in [-0.3, -0.25) is 4.90 Å². The zero-order valence-corrected chi connectivity index (χ0v) is 11.0. The average Bonchev–Trinajstić information content (AvgIpc) is 2.88. The minimum absolute atomic E-state index is 0.571. The minimum Gasteiger partial charge on any atom is -0.465 e. The molecule has 3 heteroatoms. The van der Waals surface area contributed by atoms with Crippen molar-refractivity contribution >= 4 is 0 Å². The van der Waals surface area contributed by atoms with E-state index in [1.165, 1.54) is 32.2 Å². The van der Waals surface area contributed by atoms with E-state index in [9.17, 15) is 0 Å².